The molecule has 0 aliphatic carbocycles. The highest BCUT2D eigenvalue weighted by Gasteiger charge is 2.51. The molecule has 0 aromatic heterocycles. The van der Waals surface area contributed by atoms with E-state index in [9.17, 15) is 9.59 Å². The Morgan fingerprint density at radius 1 is 1.03 bits per heavy atom. The zero-order valence-electron chi connectivity index (χ0n) is 16.9. The molecule has 2 saturated heterocycles. The van der Waals surface area contributed by atoms with Crippen LogP contribution in [-0.4, -0.2) is 54.4 Å². The molecule has 2 aliphatic heterocycles. The van der Waals surface area contributed by atoms with E-state index in [1.165, 1.54) is 5.56 Å². The highest BCUT2D eigenvalue weighted by Crippen LogP contribution is 2.44. The van der Waals surface area contributed by atoms with Crippen LogP contribution in [0.4, 0.5) is 0 Å². The molecular weight excluding hydrogens is 364 g/mol. The summed E-state index contributed by atoms with van der Waals surface area (Å²) in [6.07, 6.45) is 3.23. The zero-order chi connectivity index (χ0) is 20.3. The Kier molecular flexibility index (Phi) is 5.56. The third kappa shape index (κ3) is 4.14. The van der Waals surface area contributed by atoms with E-state index in [1.807, 2.05) is 65.4 Å². The number of ether oxygens (including phenoxy) is 1. The molecule has 1 spiro atoms. The molecule has 152 valence electrons. The van der Waals surface area contributed by atoms with Crippen molar-refractivity contribution in [3.8, 4) is 5.75 Å². The molecule has 2 aliphatic rings. The van der Waals surface area contributed by atoms with Crippen LogP contribution in [0.25, 0.3) is 0 Å². The summed E-state index contributed by atoms with van der Waals surface area (Å²) in [7, 11) is 1.93. The number of likely N-dealkylation sites (tertiary alicyclic amines) is 2. The van der Waals surface area contributed by atoms with Gasteiger partial charge in [-0.15, -0.1) is 0 Å². The van der Waals surface area contributed by atoms with Crippen LogP contribution in [0, 0.1) is 5.41 Å². The standard InChI is InChI=1S/C24H28N2O3/c1-25-20(16-19-8-4-2-5-9-19)17-24(23(25)28)12-14-26(15-13-24)22(27)18-29-21-10-6-3-7-11-21/h2-11,20H,12-18H2,1H3/t20-/m0/s1. The molecule has 0 saturated carbocycles. The average molecular weight is 392 g/mol. The number of piperidine rings is 1. The number of hydrogen-bond acceptors (Lipinski definition) is 3. The Balaban J connectivity index is 1.33. The minimum atomic E-state index is -0.314. The van der Waals surface area contributed by atoms with Gasteiger partial charge < -0.3 is 14.5 Å². The SMILES string of the molecule is CN1C(=O)C2(CCN(C(=O)COc3ccccc3)CC2)C[C@@H]1Cc1ccccc1. The molecule has 4 rings (SSSR count). The molecule has 0 unspecified atom stereocenters. The molecular formula is C24H28N2O3. The summed E-state index contributed by atoms with van der Waals surface area (Å²) in [5, 5.41) is 0. The largest absolute Gasteiger partial charge is 0.484 e. The van der Waals surface area contributed by atoms with Crippen molar-refractivity contribution in [2.24, 2.45) is 5.41 Å². The predicted octanol–water partition coefficient (Wildman–Crippen LogP) is 3.15. The van der Waals surface area contributed by atoms with Crippen molar-refractivity contribution in [1.82, 2.24) is 9.80 Å². The van der Waals surface area contributed by atoms with Crippen LogP contribution in [0.3, 0.4) is 0 Å². The number of benzene rings is 2. The van der Waals surface area contributed by atoms with Crippen molar-refractivity contribution in [3.63, 3.8) is 0 Å². The number of likely N-dealkylation sites (N-methyl/N-ethyl adjacent to an activating group) is 1. The van der Waals surface area contributed by atoms with Gasteiger partial charge in [0.1, 0.15) is 5.75 Å². The fourth-order valence-corrected chi connectivity index (χ4v) is 4.67. The van der Waals surface area contributed by atoms with Crippen molar-refractivity contribution in [1.29, 1.82) is 0 Å². The van der Waals surface area contributed by atoms with Gasteiger partial charge in [0.2, 0.25) is 5.91 Å². The van der Waals surface area contributed by atoms with Crippen LogP contribution in [0.5, 0.6) is 5.75 Å². The summed E-state index contributed by atoms with van der Waals surface area (Å²) in [5.74, 6) is 0.931. The first kappa shape index (κ1) is 19.5. The van der Waals surface area contributed by atoms with Gasteiger partial charge in [-0.1, -0.05) is 48.5 Å². The van der Waals surface area contributed by atoms with E-state index in [0.29, 0.717) is 18.8 Å². The maximum Gasteiger partial charge on any atom is 0.260 e. The first-order valence-electron chi connectivity index (χ1n) is 10.3. The summed E-state index contributed by atoms with van der Waals surface area (Å²) in [6.45, 7) is 1.28. The lowest BCUT2D eigenvalue weighted by Gasteiger charge is -2.37. The lowest BCUT2D eigenvalue weighted by atomic mass is 9.75. The summed E-state index contributed by atoms with van der Waals surface area (Å²) >= 11 is 0. The molecule has 2 heterocycles. The van der Waals surface area contributed by atoms with Crippen molar-refractivity contribution in [2.75, 3.05) is 26.7 Å². The van der Waals surface area contributed by atoms with Gasteiger partial charge in [0.05, 0.1) is 5.41 Å². The Morgan fingerprint density at radius 2 is 1.66 bits per heavy atom. The highest BCUT2D eigenvalue weighted by atomic mass is 16.5. The fourth-order valence-electron chi connectivity index (χ4n) is 4.67. The molecule has 2 aromatic carbocycles. The Hall–Kier alpha value is -2.82. The van der Waals surface area contributed by atoms with Gasteiger partial charge in [0.25, 0.3) is 5.91 Å². The molecule has 1 atom stereocenters. The van der Waals surface area contributed by atoms with Crippen LogP contribution >= 0.6 is 0 Å². The van der Waals surface area contributed by atoms with E-state index in [1.54, 1.807) is 0 Å². The first-order chi connectivity index (χ1) is 14.1. The summed E-state index contributed by atoms with van der Waals surface area (Å²) < 4.78 is 5.59. The maximum atomic E-state index is 13.1. The maximum absolute atomic E-state index is 13.1. The molecule has 0 bridgehead atoms. The topological polar surface area (TPSA) is 49.9 Å². The molecule has 5 heteroatoms. The third-order valence-corrected chi connectivity index (χ3v) is 6.44. The smallest absolute Gasteiger partial charge is 0.260 e. The number of rotatable bonds is 5. The van der Waals surface area contributed by atoms with Crippen LogP contribution in [0.2, 0.25) is 0 Å². The number of carbonyl (C=O) groups is 2. The second-order valence-electron chi connectivity index (χ2n) is 8.23. The predicted molar refractivity (Wildman–Crippen MR) is 112 cm³/mol. The lowest BCUT2D eigenvalue weighted by Crippen LogP contribution is -2.47. The minimum absolute atomic E-state index is 0.0108. The van der Waals surface area contributed by atoms with Gasteiger partial charge in [-0.2, -0.15) is 0 Å². The second kappa shape index (κ2) is 8.27. The van der Waals surface area contributed by atoms with Gasteiger partial charge in [-0.3, -0.25) is 9.59 Å². The average Bonchev–Trinajstić information content (AvgIpc) is 2.98. The number of nitrogens with zero attached hydrogens (tertiary/aromatic N) is 2. The van der Waals surface area contributed by atoms with Crippen molar-refractivity contribution >= 4 is 11.8 Å². The van der Waals surface area contributed by atoms with Gasteiger partial charge in [-0.25, -0.2) is 0 Å². The van der Waals surface area contributed by atoms with Crippen molar-refractivity contribution in [2.45, 2.75) is 31.7 Å². The monoisotopic (exact) mass is 392 g/mol. The molecule has 0 radical (unpaired) electrons. The van der Waals surface area contributed by atoms with E-state index in [2.05, 4.69) is 12.1 Å². The van der Waals surface area contributed by atoms with Crippen LogP contribution in [-0.2, 0) is 16.0 Å². The minimum Gasteiger partial charge on any atom is -0.484 e. The van der Waals surface area contributed by atoms with E-state index < -0.39 is 0 Å². The second-order valence-corrected chi connectivity index (χ2v) is 8.23. The normalized spacial score (nSPS) is 20.9. The van der Waals surface area contributed by atoms with Gasteiger partial charge in [-0.05, 0) is 43.4 Å². The summed E-state index contributed by atoms with van der Waals surface area (Å²) in [4.78, 5) is 29.4. The number of carbonyl (C=O) groups excluding carboxylic acids is 2. The number of hydrogen-bond donors (Lipinski definition) is 0. The van der Waals surface area contributed by atoms with Crippen LogP contribution in [0.1, 0.15) is 24.8 Å². The molecule has 2 fully saturated rings. The summed E-state index contributed by atoms with van der Waals surface area (Å²) in [6, 6.07) is 20.0. The highest BCUT2D eigenvalue weighted by molar-refractivity contribution is 5.86. The first-order valence-corrected chi connectivity index (χ1v) is 10.3. The van der Waals surface area contributed by atoms with E-state index in [-0.39, 0.29) is 29.9 Å². The number of para-hydroxylation sites is 1. The lowest BCUT2D eigenvalue weighted by molar-refractivity contribution is -0.143. The van der Waals surface area contributed by atoms with Crippen LogP contribution in [0.15, 0.2) is 60.7 Å². The number of amides is 2. The quantitative estimate of drug-likeness (QED) is 0.785. The Bertz CT molecular complexity index is 845. The Labute approximate surface area is 172 Å². The molecule has 2 aromatic rings. The van der Waals surface area contributed by atoms with Crippen molar-refractivity contribution in [3.05, 3.63) is 66.2 Å². The molecule has 5 nitrogen and oxygen atoms in total. The van der Waals surface area contributed by atoms with Gasteiger partial charge in [0, 0.05) is 26.2 Å². The van der Waals surface area contributed by atoms with Gasteiger partial charge in [0.15, 0.2) is 6.61 Å². The zero-order valence-corrected chi connectivity index (χ0v) is 16.9. The van der Waals surface area contributed by atoms with E-state index in [0.717, 1.165) is 25.7 Å². The van der Waals surface area contributed by atoms with E-state index >= 15 is 0 Å². The van der Waals surface area contributed by atoms with Crippen molar-refractivity contribution < 1.29 is 14.3 Å². The molecule has 0 N–H and O–H groups in total. The van der Waals surface area contributed by atoms with E-state index in [4.69, 9.17) is 4.74 Å². The fraction of sp³-hybridized carbons (Fsp3) is 0.417. The third-order valence-electron chi connectivity index (χ3n) is 6.44. The van der Waals surface area contributed by atoms with Gasteiger partial charge >= 0.3 is 0 Å². The van der Waals surface area contributed by atoms with Crippen LogP contribution < -0.4 is 4.74 Å². The Morgan fingerprint density at radius 3 is 2.31 bits per heavy atom. The summed E-state index contributed by atoms with van der Waals surface area (Å²) in [5.41, 5.74) is 0.950. The molecule has 2 amide bonds. The molecule has 29 heavy (non-hydrogen) atoms.